The van der Waals surface area contributed by atoms with Gasteiger partial charge in [-0.05, 0) is 72.2 Å². The van der Waals surface area contributed by atoms with Gasteiger partial charge in [-0.2, -0.15) is 0 Å². The normalized spacial score (nSPS) is 11.1. The van der Waals surface area contributed by atoms with Gasteiger partial charge in [0, 0.05) is 0 Å². The molecule has 0 spiro atoms. The van der Waals surface area contributed by atoms with E-state index in [0.29, 0.717) is 16.9 Å². The molecule has 0 radical (unpaired) electrons. The molecule has 0 aliphatic carbocycles. The Balaban J connectivity index is 1.86. The molecule has 0 aromatic heterocycles. The van der Waals surface area contributed by atoms with Crippen LogP contribution in [0.15, 0.2) is 66.7 Å². The predicted octanol–water partition coefficient (Wildman–Crippen LogP) is 7.43. The van der Waals surface area contributed by atoms with Crippen molar-refractivity contribution in [1.82, 2.24) is 0 Å². The zero-order valence-electron chi connectivity index (χ0n) is 20.5. The van der Waals surface area contributed by atoms with E-state index in [9.17, 15) is 9.59 Å². The summed E-state index contributed by atoms with van der Waals surface area (Å²) in [6.07, 6.45) is 2.28. The van der Waals surface area contributed by atoms with Crippen LogP contribution in [0.1, 0.15) is 67.6 Å². The molecule has 0 unspecified atom stereocenters. The Hall–Kier alpha value is -3.60. The Kier molecular flexibility index (Phi) is 8.11. The van der Waals surface area contributed by atoms with E-state index in [1.807, 2.05) is 31.2 Å². The third-order valence-corrected chi connectivity index (χ3v) is 5.45. The summed E-state index contributed by atoms with van der Waals surface area (Å²) in [4.78, 5) is 25.4. The molecule has 5 heteroatoms. The van der Waals surface area contributed by atoms with Crippen LogP contribution in [0, 0.1) is 6.92 Å². The van der Waals surface area contributed by atoms with Crippen molar-refractivity contribution in [2.45, 2.75) is 59.3 Å². The Morgan fingerprint density at radius 1 is 0.853 bits per heavy atom. The van der Waals surface area contributed by atoms with Gasteiger partial charge in [-0.15, -0.1) is 0 Å². The molecule has 0 N–H and O–H groups in total. The number of hydrogen-bond donors (Lipinski definition) is 0. The topological polar surface area (TPSA) is 61.8 Å². The SMILES string of the molecule is CCCCc1ccc(C(=O)Oc2c(C)cc(C(C)(C)C)cc2OC(=O)Oc2ccccc2)cc1. The Morgan fingerprint density at radius 3 is 2.15 bits per heavy atom. The Bertz CT molecular complexity index is 1130. The minimum absolute atomic E-state index is 0.138. The number of benzene rings is 3. The van der Waals surface area contributed by atoms with E-state index in [0.717, 1.165) is 24.8 Å². The van der Waals surface area contributed by atoms with E-state index in [-0.39, 0.29) is 16.9 Å². The molecule has 0 atom stereocenters. The van der Waals surface area contributed by atoms with Crippen molar-refractivity contribution in [3.8, 4) is 17.2 Å². The van der Waals surface area contributed by atoms with Crippen molar-refractivity contribution in [1.29, 1.82) is 0 Å². The average molecular weight is 461 g/mol. The molecule has 3 aromatic rings. The second-order valence-electron chi connectivity index (χ2n) is 9.33. The first-order valence-corrected chi connectivity index (χ1v) is 11.6. The van der Waals surface area contributed by atoms with Crippen LogP contribution in [0.2, 0.25) is 0 Å². The quantitative estimate of drug-likeness (QED) is 0.208. The van der Waals surface area contributed by atoms with Gasteiger partial charge >= 0.3 is 12.1 Å². The fourth-order valence-corrected chi connectivity index (χ4v) is 3.42. The fraction of sp³-hybridized carbons (Fsp3) is 0.310. The van der Waals surface area contributed by atoms with E-state index in [4.69, 9.17) is 14.2 Å². The summed E-state index contributed by atoms with van der Waals surface area (Å²) in [6.45, 7) is 10.1. The van der Waals surface area contributed by atoms with Crippen LogP contribution in [0.4, 0.5) is 4.79 Å². The van der Waals surface area contributed by atoms with Crippen LogP contribution in [0.25, 0.3) is 0 Å². The van der Waals surface area contributed by atoms with Gasteiger partial charge in [0.15, 0.2) is 11.5 Å². The number of para-hydroxylation sites is 1. The number of esters is 1. The number of carbonyl (C=O) groups is 2. The van der Waals surface area contributed by atoms with Gasteiger partial charge in [-0.25, -0.2) is 9.59 Å². The second kappa shape index (κ2) is 11.0. The van der Waals surface area contributed by atoms with Gasteiger partial charge < -0.3 is 14.2 Å². The monoisotopic (exact) mass is 460 g/mol. The zero-order chi connectivity index (χ0) is 24.7. The van der Waals surface area contributed by atoms with Gasteiger partial charge in [-0.3, -0.25) is 0 Å². The number of aryl methyl sites for hydroxylation is 2. The lowest BCUT2D eigenvalue weighted by Crippen LogP contribution is -2.18. The maximum atomic E-state index is 12.9. The van der Waals surface area contributed by atoms with Gasteiger partial charge in [0.05, 0.1) is 5.56 Å². The summed E-state index contributed by atoms with van der Waals surface area (Å²) in [5, 5.41) is 0. The van der Waals surface area contributed by atoms with Crippen LogP contribution < -0.4 is 14.2 Å². The number of hydrogen-bond acceptors (Lipinski definition) is 5. The molecule has 0 bridgehead atoms. The number of unbranched alkanes of at least 4 members (excludes halogenated alkanes) is 1. The van der Waals surface area contributed by atoms with Crippen LogP contribution >= 0.6 is 0 Å². The summed E-state index contributed by atoms with van der Waals surface area (Å²) < 4.78 is 16.5. The van der Waals surface area contributed by atoms with Gasteiger partial charge in [0.1, 0.15) is 5.75 Å². The lowest BCUT2D eigenvalue weighted by Gasteiger charge is -2.22. The molecule has 0 saturated heterocycles. The molecule has 3 aromatic carbocycles. The third-order valence-electron chi connectivity index (χ3n) is 5.45. The summed E-state index contributed by atoms with van der Waals surface area (Å²) in [7, 11) is 0. The van der Waals surface area contributed by atoms with Crippen LogP contribution in [0.5, 0.6) is 17.2 Å². The molecule has 0 aliphatic heterocycles. The molecule has 5 nitrogen and oxygen atoms in total. The fourth-order valence-electron chi connectivity index (χ4n) is 3.42. The molecular formula is C29H32O5. The molecule has 0 fully saturated rings. The first-order chi connectivity index (χ1) is 16.2. The summed E-state index contributed by atoms with van der Waals surface area (Å²) in [6, 6.07) is 19.7. The van der Waals surface area contributed by atoms with Gasteiger partial charge in [-0.1, -0.05) is 70.5 Å². The third kappa shape index (κ3) is 6.70. The van der Waals surface area contributed by atoms with Crippen molar-refractivity contribution in [3.63, 3.8) is 0 Å². The predicted molar refractivity (Wildman–Crippen MR) is 133 cm³/mol. The van der Waals surface area contributed by atoms with Crippen molar-refractivity contribution in [2.75, 3.05) is 0 Å². The van der Waals surface area contributed by atoms with Gasteiger partial charge in [0.2, 0.25) is 0 Å². The average Bonchev–Trinajstić information content (AvgIpc) is 2.80. The van der Waals surface area contributed by atoms with Crippen molar-refractivity contribution in [2.24, 2.45) is 0 Å². The molecule has 0 amide bonds. The minimum Gasteiger partial charge on any atom is -0.419 e. The van der Waals surface area contributed by atoms with E-state index in [1.54, 1.807) is 42.5 Å². The molecular weight excluding hydrogens is 428 g/mol. The highest BCUT2D eigenvalue weighted by Crippen LogP contribution is 2.37. The molecule has 0 heterocycles. The maximum absolute atomic E-state index is 12.9. The molecule has 0 saturated carbocycles. The molecule has 0 aliphatic rings. The largest absolute Gasteiger partial charge is 0.519 e. The molecule has 34 heavy (non-hydrogen) atoms. The first-order valence-electron chi connectivity index (χ1n) is 11.6. The van der Waals surface area contributed by atoms with E-state index >= 15 is 0 Å². The zero-order valence-corrected chi connectivity index (χ0v) is 20.5. The second-order valence-corrected chi connectivity index (χ2v) is 9.33. The highest BCUT2D eigenvalue weighted by molar-refractivity contribution is 5.91. The van der Waals surface area contributed by atoms with Crippen molar-refractivity contribution >= 4 is 12.1 Å². The number of carbonyl (C=O) groups excluding carboxylic acids is 2. The summed E-state index contributed by atoms with van der Waals surface area (Å²) in [5.41, 5.74) is 3.02. The smallest absolute Gasteiger partial charge is 0.419 e. The Labute approximate surface area is 201 Å². The number of rotatable bonds is 7. The van der Waals surface area contributed by atoms with E-state index < -0.39 is 12.1 Å². The number of ether oxygens (including phenoxy) is 3. The van der Waals surface area contributed by atoms with Gasteiger partial charge in [0.25, 0.3) is 0 Å². The van der Waals surface area contributed by atoms with E-state index in [2.05, 4.69) is 27.7 Å². The Morgan fingerprint density at radius 2 is 1.53 bits per heavy atom. The lowest BCUT2D eigenvalue weighted by molar-refractivity contribution is 0.0725. The maximum Gasteiger partial charge on any atom is 0.519 e. The molecule has 178 valence electrons. The molecule has 3 rings (SSSR count). The van der Waals surface area contributed by atoms with Crippen molar-refractivity contribution in [3.05, 3.63) is 89.0 Å². The minimum atomic E-state index is -0.908. The van der Waals surface area contributed by atoms with Crippen LogP contribution in [-0.2, 0) is 11.8 Å². The summed E-state index contributed by atoms with van der Waals surface area (Å²) in [5.74, 6) is 0.171. The standard InChI is InChI=1S/C29H32O5/c1-6-7-11-21-14-16-22(17-15-21)27(30)34-26-20(2)18-23(29(3,4)5)19-25(26)33-28(31)32-24-12-9-8-10-13-24/h8-10,12-19H,6-7,11H2,1-5H3. The summed E-state index contributed by atoms with van der Waals surface area (Å²) >= 11 is 0. The van der Waals surface area contributed by atoms with Crippen LogP contribution in [-0.4, -0.2) is 12.1 Å². The van der Waals surface area contributed by atoms with Crippen molar-refractivity contribution < 1.29 is 23.8 Å². The lowest BCUT2D eigenvalue weighted by atomic mass is 9.86. The van der Waals surface area contributed by atoms with Crippen LogP contribution in [0.3, 0.4) is 0 Å². The van der Waals surface area contributed by atoms with E-state index in [1.165, 1.54) is 5.56 Å². The first kappa shape index (κ1) is 25.0. The highest BCUT2D eigenvalue weighted by Gasteiger charge is 2.23. The highest BCUT2D eigenvalue weighted by atomic mass is 16.7.